The predicted molar refractivity (Wildman–Crippen MR) is 71.4 cm³/mol. The number of aromatic hydroxyl groups is 3. The summed E-state index contributed by atoms with van der Waals surface area (Å²) in [5, 5.41) is 31.0. The molecule has 5 N–H and O–H groups in total. The van der Waals surface area contributed by atoms with Gasteiger partial charge in [-0.3, -0.25) is 9.59 Å². The molecule has 1 amide bonds. The first kappa shape index (κ1) is 13.0. The number of hydrogen-bond donors (Lipinski definition) is 5. The highest BCUT2D eigenvalue weighted by Gasteiger charge is 2.31. The Labute approximate surface area is 117 Å². The van der Waals surface area contributed by atoms with Gasteiger partial charge in [-0.1, -0.05) is 0 Å². The third-order valence-corrected chi connectivity index (χ3v) is 3.38. The van der Waals surface area contributed by atoms with Crippen LogP contribution >= 0.6 is 0 Å². The highest BCUT2D eigenvalue weighted by molar-refractivity contribution is 5.94. The van der Waals surface area contributed by atoms with Gasteiger partial charge < -0.3 is 25.6 Å². The summed E-state index contributed by atoms with van der Waals surface area (Å²) in [5.74, 6) is -2.58. The summed E-state index contributed by atoms with van der Waals surface area (Å²) in [7, 11) is 0. The van der Waals surface area contributed by atoms with Gasteiger partial charge >= 0.3 is 0 Å². The van der Waals surface area contributed by atoms with Crippen LogP contribution in [0.25, 0.3) is 0 Å². The van der Waals surface area contributed by atoms with Gasteiger partial charge in [0.25, 0.3) is 5.56 Å². The number of benzene rings is 1. The molecule has 1 aromatic heterocycles. The van der Waals surface area contributed by atoms with E-state index < -0.39 is 28.7 Å². The normalized spacial score (nSPS) is 17.1. The van der Waals surface area contributed by atoms with E-state index in [0.29, 0.717) is 5.56 Å². The Morgan fingerprint density at radius 2 is 1.81 bits per heavy atom. The topological polar surface area (TPSA) is 136 Å². The van der Waals surface area contributed by atoms with E-state index in [-0.39, 0.29) is 23.7 Å². The number of nitrogens with one attached hydrogen (secondary N) is 2. The molecule has 21 heavy (non-hydrogen) atoms. The van der Waals surface area contributed by atoms with E-state index in [0.717, 1.165) is 0 Å². The number of phenolic OH excluding ortho intramolecular Hbond substituents is 3. The summed E-state index contributed by atoms with van der Waals surface area (Å²) in [5.41, 5.74) is 0.149. The molecule has 108 valence electrons. The minimum Gasteiger partial charge on any atom is -0.504 e. The van der Waals surface area contributed by atoms with Crippen LogP contribution < -0.4 is 10.9 Å². The van der Waals surface area contributed by atoms with Gasteiger partial charge in [-0.05, 0) is 17.7 Å². The number of carbonyl (C=O) groups excluding carboxylic acids is 1. The molecule has 0 bridgehead atoms. The second kappa shape index (κ2) is 4.51. The van der Waals surface area contributed by atoms with Gasteiger partial charge in [-0.25, -0.2) is 4.98 Å². The summed E-state index contributed by atoms with van der Waals surface area (Å²) < 4.78 is 0. The molecule has 8 heteroatoms. The second-order valence-electron chi connectivity index (χ2n) is 4.71. The van der Waals surface area contributed by atoms with Crippen molar-refractivity contribution in [1.82, 2.24) is 9.97 Å². The van der Waals surface area contributed by atoms with E-state index in [1.54, 1.807) is 0 Å². The van der Waals surface area contributed by atoms with Crippen LogP contribution in [0.4, 0.5) is 5.82 Å². The number of H-pyrrole nitrogens is 1. The number of carbonyl (C=O) groups is 1. The van der Waals surface area contributed by atoms with Crippen molar-refractivity contribution in [3.8, 4) is 17.2 Å². The van der Waals surface area contributed by atoms with Crippen LogP contribution in [0, 0.1) is 0 Å². The van der Waals surface area contributed by atoms with E-state index in [2.05, 4.69) is 15.3 Å². The molecule has 1 unspecified atom stereocenters. The highest BCUT2D eigenvalue weighted by atomic mass is 16.3. The standard InChI is InChI=1S/C13H11N3O5/c17-7-1-5(2-8(18)11(7)20)6-3-9(19)16-12-10(6)13(21)15-4-14-12/h1-2,4,6,17-18,20H,3H2,(H2,14,15,16,19,21). The van der Waals surface area contributed by atoms with Crippen molar-refractivity contribution in [2.24, 2.45) is 0 Å². The minimum atomic E-state index is -0.677. The zero-order chi connectivity index (χ0) is 15.1. The van der Waals surface area contributed by atoms with Crippen molar-refractivity contribution in [3.63, 3.8) is 0 Å². The molecule has 0 spiro atoms. The Morgan fingerprint density at radius 1 is 1.14 bits per heavy atom. The molecule has 8 nitrogen and oxygen atoms in total. The zero-order valence-corrected chi connectivity index (χ0v) is 10.6. The Morgan fingerprint density at radius 3 is 2.48 bits per heavy atom. The Hall–Kier alpha value is -3.03. The molecule has 3 rings (SSSR count). The summed E-state index contributed by atoms with van der Waals surface area (Å²) in [6.07, 6.45) is 1.14. The SMILES string of the molecule is O=C1CC(c2cc(O)c(O)c(O)c2)c2c(nc[nH]c2=O)N1. The quantitative estimate of drug-likeness (QED) is 0.481. The van der Waals surface area contributed by atoms with E-state index in [4.69, 9.17) is 0 Å². The molecule has 1 aliphatic rings. The van der Waals surface area contributed by atoms with E-state index in [9.17, 15) is 24.9 Å². The summed E-state index contributed by atoms with van der Waals surface area (Å²) in [4.78, 5) is 30.0. The molecule has 0 saturated heterocycles. The average Bonchev–Trinajstić information content (AvgIpc) is 2.43. The highest BCUT2D eigenvalue weighted by Crippen LogP contribution is 2.41. The number of fused-ring (bicyclic) bond motifs is 1. The smallest absolute Gasteiger partial charge is 0.256 e. The average molecular weight is 289 g/mol. The van der Waals surface area contributed by atoms with Crippen LogP contribution in [0.15, 0.2) is 23.3 Å². The van der Waals surface area contributed by atoms with Crippen molar-refractivity contribution in [2.45, 2.75) is 12.3 Å². The molecule has 2 aromatic rings. The Kier molecular flexibility index (Phi) is 2.79. The van der Waals surface area contributed by atoms with E-state index >= 15 is 0 Å². The second-order valence-corrected chi connectivity index (χ2v) is 4.71. The Balaban J connectivity index is 2.20. The van der Waals surface area contributed by atoms with Gasteiger partial charge in [0.05, 0.1) is 11.9 Å². The van der Waals surface area contributed by atoms with Crippen LogP contribution in [0.2, 0.25) is 0 Å². The molecular weight excluding hydrogens is 278 g/mol. The van der Waals surface area contributed by atoms with Gasteiger partial charge in [-0.2, -0.15) is 0 Å². The fourth-order valence-electron chi connectivity index (χ4n) is 2.41. The monoisotopic (exact) mass is 289 g/mol. The number of anilines is 1. The molecule has 0 radical (unpaired) electrons. The van der Waals surface area contributed by atoms with Crippen LogP contribution in [-0.2, 0) is 4.79 Å². The van der Waals surface area contributed by atoms with Gasteiger partial charge in [0.1, 0.15) is 5.82 Å². The van der Waals surface area contributed by atoms with Gasteiger partial charge in [0.2, 0.25) is 5.91 Å². The lowest BCUT2D eigenvalue weighted by atomic mass is 9.86. The molecule has 1 aliphatic heterocycles. The third-order valence-electron chi connectivity index (χ3n) is 3.38. The fourth-order valence-corrected chi connectivity index (χ4v) is 2.41. The van der Waals surface area contributed by atoms with Crippen molar-refractivity contribution in [2.75, 3.05) is 5.32 Å². The van der Waals surface area contributed by atoms with Crippen molar-refractivity contribution in [1.29, 1.82) is 0 Å². The molecule has 0 fully saturated rings. The lowest BCUT2D eigenvalue weighted by Crippen LogP contribution is -2.30. The molecule has 0 saturated carbocycles. The first-order chi connectivity index (χ1) is 9.97. The lowest BCUT2D eigenvalue weighted by molar-refractivity contribution is -0.116. The van der Waals surface area contributed by atoms with Crippen LogP contribution in [0.5, 0.6) is 17.2 Å². The third kappa shape index (κ3) is 2.06. The maximum absolute atomic E-state index is 12.0. The van der Waals surface area contributed by atoms with E-state index in [1.165, 1.54) is 18.5 Å². The molecule has 1 aromatic carbocycles. The van der Waals surface area contributed by atoms with Gasteiger partial charge in [-0.15, -0.1) is 0 Å². The summed E-state index contributed by atoms with van der Waals surface area (Å²) >= 11 is 0. The molecular formula is C13H11N3O5. The predicted octanol–water partition coefficient (Wildman–Crippen LogP) is 0.361. The largest absolute Gasteiger partial charge is 0.504 e. The maximum atomic E-state index is 12.0. The number of hydrogen-bond acceptors (Lipinski definition) is 6. The number of aromatic amines is 1. The molecule has 2 heterocycles. The summed E-state index contributed by atoms with van der Waals surface area (Å²) in [6.45, 7) is 0. The van der Waals surface area contributed by atoms with Gasteiger partial charge in [0, 0.05) is 12.3 Å². The molecule has 1 atom stereocenters. The number of amides is 1. The lowest BCUT2D eigenvalue weighted by Gasteiger charge is -2.24. The number of nitrogens with zero attached hydrogens (tertiary/aromatic N) is 1. The summed E-state index contributed by atoms with van der Waals surface area (Å²) in [6, 6.07) is 2.41. The van der Waals surface area contributed by atoms with Crippen LogP contribution in [-0.4, -0.2) is 31.2 Å². The minimum absolute atomic E-state index is 0.0363. The van der Waals surface area contributed by atoms with Gasteiger partial charge in [0.15, 0.2) is 17.2 Å². The van der Waals surface area contributed by atoms with Crippen LogP contribution in [0.3, 0.4) is 0 Å². The first-order valence-electron chi connectivity index (χ1n) is 6.09. The fraction of sp³-hybridized carbons (Fsp3) is 0.154. The van der Waals surface area contributed by atoms with E-state index in [1.807, 2.05) is 0 Å². The maximum Gasteiger partial charge on any atom is 0.256 e. The van der Waals surface area contributed by atoms with Crippen molar-refractivity contribution < 1.29 is 20.1 Å². The molecule has 0 aliphatic carbocycles. The number of phenols is 3. The van der Waals surface area contributed by atoms with Crippen LogP contribution in [0.1, 0.15) is 23.5 Å². The van der Waals surface area contributed by atoms with Crippen molar-refractivity contribution in [3.05, 3.63) is 39.9 Å². The Bertz CT molecular complexity index is 776. The van der Waals surface area contributed by atoms with Crippen molar-refractivity contribution >= 4 is 11.7 Å². The first-order valence-corrected chi connectivity index (χ1v) is 6.09. The number of rotatable bonds is 1. The zero-order valence-electron chi connectivity index (χ0n) is 10.6. The number of aromatic nitrogens is 2.